The van der Waals surface area contributed by atoms with Crippen LogP contribution in [0.3, 0.4) is 0 Å². The van der Waals surface area contributed by atoms with Gasteiger partial charge in [0.25, 0.3) is 0 Å². The summed E-state index contributed by atoms with van der Waals surface area (Å²) >= 11 is 0. The second-order valence-corrected chi connectivity index (χ2v) is 4.46. The molecular formula is C13H19NO5. The van der Waals surface area contributed by atoms with E-state index < -0.39 is 11.5 Å². The van der Waals surface area contributed by atoms with Crippen LogP contribution in [0.15, 0.2) is 12.1 Å². The molecule has 6 nitrogen and oxygen atoms in total. The molecule has 1 rings (SSSR count). The van der Waals surface area contributed by atoms with Crippen LogP contribution in [0.4, 0.5) is 5.69 Å². The molecule has 0 saturated carbocycles. The summed E-state index contributed by atoms with van der Waals surface area (Å²) in [5.41, 5.74) is -0.611. The van der Waals surface area contributed by atoms with E-state index in [-0.39, 0.29) is 0 Å². The van der Waals surface area contributed by atoms with Crippen molar-refractivity contribution in [1.82, 2.24) is 0 Å². The number of ether oxygens (including phenoxy) is 3. The first-order chi connectivity index (χ1) is 8.85. The molecule has 1 aromatic rings. The number of nitrogens with one attached hydrogen (secondary N) is 1. The van der Waals surface area contributed by atoms with Crippen LogP contribution < -0.4 is 19.5 Å². The quantitative estimate of drug-likeness (QED) is 0.822. The highest BCUT2D eigenvalue weighted by molar-refractivity contribution is 5.83. The maximum Gasteiger partial charge on any atom is 0.328 e. The van der Waals surface area contributed by atoms with Crippen LogP contribution in [-0.2, 0) is 4.79 Å². The Kier molecular flexibility index (Phi) is 4.47. The van der Waals surface area contributed by atoms with Crippen molar-refractivity contribution in [2.75, 3.05) is 26.6 Å². The standard InChI is InChI=1S/C13H19NO5/c1-13(2,12(15)16)14-8-6-10(18-4)11(19-5)7-9(8)17-3/h6-7,14H,1-5H3,(H,15,16). The fraction of sp³-hybridized carbons (Fsp3) is 0.462. The number of hydrogen-bond acceptors (Lipinski definition) is 5. The molecule has 106 valence electrons. The number of hydrogen-bond donors (Lipinski definition) is 2. The van der Waals surface area contributed by atoms with Gasteiger partial charge in [0, 0.05) is 12.1 Å². The second kappa shape index (κ2) is 5.69. The average Bonchev–Trinajstić information content (AvgIpc) is 2.37. The first kappa shape index (κ1) is 14.9. The summed E-state index contributed by atoms with van der Waals surface area (Å²) in [6.07, 6.45) is 0. The van der Waals surface area contributed by atoms with E-state index in [1.54, 1.807) is 26.0 Å². The normalized spacial score (nSPS) is 10.8. The summed E-state index contributed by atoms with van der Waals surface area (Å²) in [6, 6.07) is 3.28. The molecule has 0 fully saturated rings. The Morgan fingerprint density at radius 2 is 1.53 bits per heavy atom. The van der Waals surface area contributed by atoms with Crippen molar-refractivity contribution >= 4 is 11.7 Å². The van der Waals surface area contributed by atoms with Crippen LogP contribution in [-0.4, -0.2) is 37.9 Å². The van der Waals surface area contributed by atoms with Crippen LogP contribution in [0, 0.1) is 0 Å². The molecular weight excluding hydrogens is 250 g/mol. The van der Waals surface area contributed by atoms with E-state index in [4.69, 9.17) is 19.3 Å². The average molecular weight is 269 g/mol. The van der Waals surface area contributed by atoms with Gasteiger partial charge < -0.3 is 24.6 Å². The summed E-state index contributed by atoms with van der Waals surface area (Å²) in [5.74, 6) is 0.515. The van der Waals surface area contributed by atoms with Gasteiger partial charge in [0.15, 0.2) is 11.5 Å². The van der Waals surface area contributed by atoms with Crippen molar-refractivity contribution in [3.63, 3.8) is 0 Å². The zero-order chi connectivity index (χ0) is 14.6. The fourth-order valence-corrected chi connectivity index (χ4v) is 1.52. The Morgan fingerprint density at radius 3 is 1.95 bits per heavy atom. The third-order valence-electron chi connectivity index (χ3n) is 2.69. The highest BCUT2D eigenvalue weighted by atomic mass is 16.5. The number of carboxylic acid groups (broad SMARTS) is 1. The smallest absolute Gasteiger partial charge is 0.328 e. The van der Waals surface area contributed by atoms with Crippen molar-refractivity contribution < 1.29 is 24.1 Å². The largest absolute Gasteiger partial charge is 0.494 e. The maximum atomic E-state index is 11.1. The second-order valence-electron chi connectivity index (χ2n) is 4.46. The monoisotopic (exact) mass is 269 g/mol. The molecule has 0 atom stereocenters. The van der Waals surface area contributed by atoms with Crippen molar-refractivity contribution in [2.45, 2.75) is 19.4 Å². The lowest BCUT2D eigenvalue weighted by Crippen LogP contribution is -2.40. The maximum absolute atomic E-state index is 11.1. The van der Waals surface area contributed by atoms with E-state index >= 15 is 0 Å². The van der Waals surface area contributed by atoms with Crippen molar-refractivity contribution in [3.05, 3.63) is 12.1 Å². The van der Waals surface area contributed by atoms with Crippen molar-refractivity contribution in [1.29, 1.82) is 0 Å². The first-order valence-corrected chi connectivity index (χ1v) is 5.67. The minimum Gasteiger partial charge on any atom is -0.494 e. The lowest BCUT2D eigenvalue weighted by atomic mass is 10.1. The summed E-state index contributed by atoms with van der Waals surface area (Å²) in [7, 11) is 4.53. The molecule has 0 bridgehead atoms. The van der Waals surface area contributed by atoms with E-state index in [0.717, 1.165) is 0 Å². The highest BCUT2D eigenvalue weighted by Gasteiger charge is 2.28. The van der Waals surface area contributed by atoms with Gasteiger partial charge in [-0.05, 0) is 13.8 Å². The lowest BCUT2D eigenvalue weighted by Gasteiger charge is -2.24. The summed E-state index contributed by atoms with van der Waals surface area (Å²) in [5, 5.41) is 12.0. The Hall–Kier alpha value is -2.11. The van der Waals surface area contributed by atoms with Gasteiger partial charge >= 0.3 is 5.97 Å². The zero-order valence-corrected chi connectivity index (χ0v) is 11.7. The molecule has 0 aliphatic rings. The number of carbonyl (C=O) groups is 1. The minimum atomic E-state index is -1.13. The molecule has 0 radical (unpaired) electrons. The Morgan fingerprint density at radius 1 is 1.05 bits per heavy atom. The number of rotatable bonds is 6. The summed E-state index contributed by atoms with van der Waals surface area (Å²) < 4.78 is 15.6. The highest BCUT2D eigenvalue weighted by Crippen LogP contribution is 2.38. The van der Waals surface area contributed by atoms with E-state index in [1.807, 2.05) is 0 Å². The van der Waals surface area contributed by atoms with Crippen LogP contribution in [0.5, 0.6) is 17.2 Å². The van der Waals surface area contributed by atoms with Gasteiger partial charge in [-0.15, -0.1) is 0 Å². The van der Waals surface area contributed by atoms with Gasteiger partial charge in [-0.25, -0.2) is 4.79 Å². The van der Waals surface area contributed by atoms with Gasteiger partial charge in [0.2, 0.25) is 0 Å². The van der Waals surface area contributed by atoms with Gasteiger partial charge in [0.05, 0.1) is 27.0 Å². The van der Waals surface area contributed by atoms with Gasteiger partial charge in [-0.1, -0.05) is 0 Å². The molecule has 1 aromatic carbocycles. The molecule has 0 spiro atoms. The molecule has 0 heterocycles. The molecule has 0 aliphatic carbocycles. The van der Waals surface area contributed by atoms with Gasteiger partial charge in [-0.2, -0.15) is 0 Å². The molecule has 19 heavy (non-hydrogen) atoms. The Balaban J connectivity index is 3.23. The zero-order valence-electron chi connectivity index (χ0n) is 11.7. The SMILES string of the molecule is COc1cc(OC)c(OC)cc1NC(C)(C)C(=O)O. The summed E-state index contributed by atoms with van der Waals surface area (Å²) in [4.78, 5) is 11.1. The fourth-order valence-electron chi connectivity index (χ4n) is 1.52. The minimum absolute atomic E-state index is 0.479. The third kappa shape index (κ3) is 3.21. The molecule has 0 aromatic heterocycles. The Labute approximate surface area is 112 Å². The topological polar surface area (TPSA) is 77.0 Å². The van der Waals surface area contributed by atoms with Crippen LogP contribution >= 0.6 is 0 Å². The van der Waals surface area contributed by atoms with E-state index in [0.29, 0.717) is 22.9 Å². The van der Waals surface area contributed by atoms with E-state index in [2.05, 4.69) is 5.32 Å². The molecule has 0 unspecified atom stereocenters. The lowest BCUT2D eigenvalue weighted by molar-refractivity contribution is -0.141. The predicted molar refractivity (Wildman–Crippen MR) is 71.4 cm³/mol. The van der Waals surface area contributed by atoms with Gasteiger partial charge in [0.1, 0.15) is 11.3 Å². The van der Waals surface area contributed by atoms with Gasteiger partial charge in [-0.3, -0.25) is 0 Å². The van der Waals surface area contributed by atoms with E-state index in [1.165, 1.54) is 21.3 Å². The van der Waals surface area contributed by atoms with Crippen LogP contribution in [0.1, 0.15) is 13.8 Å². The molecule has 0 amide bonds. The molecule has 6 heteroatoms. The molecule has 2 N–H and O–H groups in total. The number of methoxy groups -OCH3 is 3. The van der Waals surface area contributed by atoms with E-state index in [9.17, 15) is 4.79 Å². The number of benzene rings is 1. The van der Waals surface area contributed by atoms with Crippen LogP contribution in [0.25, 0.3) is 0 Å². The third-order valence-corrected chi connectivity index (χ3v) is 2.69. The van der Waals surface area contributed by atoms with Crippen molar-refractivity contribution in [3.8, 4) is 17.2 Å². The molecule has 0 saturated heterocycles. The first-order valence-electron chi connectivity index (χ1n) is 5.67. The number of aliphatic carboxylic acids is 1. The Bertz CT molecular complexity index is 470. The predicted octanol–water partition coefficient (Wildman–Crippen LogP) is 1.99. The van der Waals surface area contributed by atoms with Crippen LogP contribution in [0.2, 0.25) is 0 Å². The number of carboxylic acids is 1. The number of anilines is 1. The molecule has 0 aliphatic heterocycles. The summed E-state index contributed by atoms with van der Waals surface area (Å²) in [6.45, 7) is 3.12. The van der Waals surface area contributed by atoms with Crippen molar-refractivity contribution in [2.24, 2.45) is 0 Å².